The summed E-state index contributed by atoms with van der Waals surface area (Å²) in [6.07, 6.45) is 15.7. The fourth-order valence-corrected chi connectivity index (χ4v) is 9.54. The largest absolute Gasteiger partial charge is 0.297 e. The molecule has 0 aromatic carbocycles. The lowest BCUT2D eigenvalue weighted by Crippen LogP contribution is -2.45. The van der Waals surface area contributed by atoms with Crippen molar-refractivity contribution in [3.05, 3.63) is 0 Å². The number of rotatable bonds is 5. The average Bonchev–Trinajstić information content (AvgIpc) is 2.46. The SMILES string of the molecule is CCCC[Si]([O])(C1CCCCC1)C1CCCCC1. The van der Waals surface area contributed by atoms with E-state index in [4.69, 9.17) is 0 Å². The van der Waals surface area contributed by atoms with Crippen LogP contribution in [-0.2, 0) is 4.80 Å². The van der Waals surface area contributed by atoms with E-state index in [2.05, 4.69) is 6.92 Å². The predicted molar refractivity (Wildman–Crippen MR) is 79.8 cm³/mol. The van der Waals surface area contributed by atoms with Gasteiger partial charge in [0.25, 0.3) is 0 Å². The molecule has 2 aliphatic rings. The lowest BCUT2D eigenvalue weighted by Gasteiger charge is -2.41. The molecule has 1 radical (unpaired) electrons. The van der Waals surface area contributed by atoms with Gasteiger partial charge in [-0.2, -0.15) is 0 Å². The first-order valence-electron chi connectivity index (χ1n) is 8.48. The van der Waals surface area contributed by atoms with Gasteiger partial charge in [0, 0.05) is 0 Å². The van der Waals surface area contributed by atoms with Gasteiger partial charge in [-0.1, -0.05) is 84.0 Å². The van der Waals surface area contributed by atoms with Crippen LogP contribution in [0.15, 0.2) is 0 Å². The molecule has 1 nitrogen and oxygen atoms in total. The van der Waals surface area contributed by atoms with Crippen LogP contribution in [0.1, 0.15) is 84.0 Å². The van der Waals surface area contributed by atoms with Crippen LogP contribution in [0.2, 0.25) is 17.1 Å². The zero-order chi connectivity index (χ0) is 12.8. The Morgan fingerprint density at radius 3 is 1.67 bits per heavy atom. The Kier molecular flexibility index (Phi) is 5.75. The van der Waals surface area contributed by atoms with Crippen LogP contribution in [-0.4, -0.2) is 8.32 Å². The molecular formula is C16H31OSi. The molecule has 2 saturated carbocycles. The van der Waals surface area contributed by atoms with Gasteiger partial charge in [0.15, 0.2) is 0 Å². The van der Waals surface area contributed by atoms with Gasteiger partial charge in [-0.25, -0.2) is 0 Å². The fourth-order valence-electron chi connectivity index (χ4n) is 4.38. The molecule has 0 N–H and O–H groups in total. The summed E-state index contributed by atoms with van der Waals surface area (Å²) in [6, 6.07) is 1.10. The van der Waals surface area contributed by atoms with Crippen molar-refractivity contribution in [1.29, 1.82) is 0 Å². The minimum absolute atomic E-state index is 0.640. The third-order valence-corrected chi connectivity index (χ3v) is 10.6. The van der Waals surface area contributed by atoms with Gasteiger partial charge >= 0.3 is 0 Å². The van der Waals surface area contributed by atoms with E-state index < -0.39 is 8.32 Å². The maximum atomic E-state index is 13.7. The van der Waals surface area contributed by atoms with E-state index in [1.807, 2.05) is 0 Å². The first-order chi connectivity index (χ1) is 8.77. The van der Waals surface area contributed by atoms with Crippen molar-refractivity contribution in [2.24, 2.45) is 0 Å². The quantitative estimate of drug-likeness (QED) is 0.558. The molecule has 18 heavy (non-hydrogen) atoms. The summed E-state index contributed by atoms with van der Waals surface area (Å²) in [6.45, 7) is 2.25. The second-order valence-electron chi connectivity index (χ2n) is 6.73. The maximum absolute atomic E-state index is 13.7. The topological polar surface area (TPSA) is 19.9 Å². The molecule has 0 amide bonds. The molecule has 2 fully saturated rings. The first kappa shape index (κ1) is 14.6. The maximum Gasteiger partial charge on any atom is 0.243 e. The zero-order valence-electron chi connectivity index (χ0n) is 12.3. The molecule has 0 spiro atoms. The highest BCUT2D eigenvalue weighted by Crippen LogP contribution is 2.49. The van der Waals surface area contributed by atoms with Gasteiger partial charge in [-0.05, 0) is 17.1 Å². The molecule has 0 heterocycles. The normalized spacial score (nSPS) is 24.3. The van der Waals surface area contributed by atoms with Crippen LogP contribution >= 0.6 is 0 Å². The Hall–Kier alpha value is 0.177. The molecule has 105 valence electrons. The van der Waals surface area contributed by atoms with E-state index in [9.17, 15) is 4.80 Å². The second-order valence-corrected chi connectivity index (χ2v) is 10.8. The van der Waals surface area contributed by atoms with Gasteiger partial charge in [-0.15, -0.1) is 0 Å². The molecule has 0 unspecified atom stereocenters. The number of unbranched alkanes of at least 4 members (excludes halogenated alkanes) is 1. The summed E-state index contributed by atoms with van der Waals surface area (Å²) in [5, 5.41) is 0. The second kappa shape index (κ2) is 7.09. The molecule has 0 aromatic heterocycles. The molecular weight excluding hydrogens is 236 g/mol. The van der Waals surface area contributed by atoms with Crippen LogP contribution < -0.4 is 0 Å². The molecule has 2 rings (SSSR count). The van der Waals surface area contributed by atoms with E-state index in [1.165, 1.54) is 77.0 Å². The van der Waals surface area contributed by atoms with Gasteiger partial charge in [0.2, 0.25) is 8.32 Å². The summed E-state index contributed by atoms with van der Waals surface area (Å²) >= 11 is 0. The molecule has 0 aliphatic heterocycles. The highest BCUT2D eigenvalue weighted by molar-refractivity contribution is 6.75. The average molecular weight is 268 g/mol. The standard InChI is InChI=1S/C16H31OSi/c1-2-3-14-18(17,15-10-6-4-7-11-15)16-12-8-5-9-13-16/h15-16H,2-14H2,1H3. The number of hydrogen-bond acceptors (Lipinski definition) is 0. The summed E-state index contributed by atoms with van der Waals surface area (Å²) < 4.78 is 0. The van der Waals surface area contributed by atoms with E-state index in [0.29, 0.717) is 11.1 Å². The van der Waals surface area contributed by atoms with Crippen molar-refractivity contribution < 1.29 is 4.80 Å². The number of hydrogen-bond donors (Lipinski definition) is 0. The summed E-state index contributed by atoms with van der Waals surface area (Å²) in [4.78, 5) is 13.7. The molecule has 2 aliphatic carbocycles. The molecule has 0 saturated heterocycles. The van der Waals surface area contributed by atoms with Crippen molar-refractivity contribution in [3.8, 4) is 0 Å². The Labute approximate surface area is 115 Å². The fraction of sp³-hybridized carbons (Fsp3) is 1.00. The first-order valence-corrected chi connectivity index (χ1v) is 10.7. The highest BCUT2D eigenvalue weighted by atomic mass is 28.4. The van der Waals surface area contributed by atoms with Crippen LogP contribution in [0.25, 0.3) is 0 Å². The van der Waals surface area contributed by atoms with Crippen molar-refractivity contribution in [3.63, 3.8) is 0 Å². The van der Waals surface area contributed by atoms with Crippen molar-refractivity contribution >= 4 is 8.32 Å². The summed E-state index contributed by atoms with van der Waals surface area (Å²) in [7, 11) is -2.22. The van der Waals surface area contributed by atoms with Gasteiger partial charge < -0.3 is 0 Å². The molecule has 0 aromatic rings. The Morgan fingerprint density at radius 1 is 0.833 bits per heavy atom. The molecule has 0 atom stereocenters. The van der Waals surface area contributed by atoms with E-state index in [0.717, 1.165) is 6.04 Å². The molecule has 0 bridgehead atoms. The van der Waals surface area contributed by atoms with Gasteiger partial charge in [0.05, 0.1) is 0 Å². The Bertz CT molecular complexity index is 211. The Morgan fingerprint density at radius 2 is 1.28 bits per heavy atom. The van der Waals surface area contributed by atoms with E-state index in [1.54, 1.807) is 0 Å². The monoisotopic (exact) mass is 267 g/mol. The molecule has 2 heteroatoms. The predicted octanol–water partition coefficient (Wildman–Crippen LogP) is 5.83. The highest BCUT2D eigenvalue weighted by Gasteiger charge is 2.48. The van der Waals surface area contributed by atoms with E-state index in [-0.39, 0.29) is 0 Å². The third kappa shape index (κ3) is 3.39. The summed E-state index contributed by atoms with van der Waals surface area (Å²) in [5.41, 5.74) is 1.28. The Balaban J connectivity index is 2.04. The van der Waals surface area contributed by atoms with Crippen LogP contribution in [0, 0.1) is 0 Å². The van der Waals surface area contributed by atoms with Crippen molar-refractivity contribution in [1.82, 2.24) is 0 Å². The minimum Gasteiger partial charge on any atom is -0.297 e. The van der Waals surface area contributed by atoms with Crippen molar-refractivity contribution in [2.75, 3.05) is 0 Å². The smallest absolute Gasteiger partial charge is 0.243 e. The van der Waals surface area contributed by atoms with Gasteiger partial charge in [-0.3, -0.25) is 4.80 Å². The third-order valence-electron chi connectivity index (χ3n) is 5.51. The van der Waals surface area contributed by atoms with Crippen LogP contribution in [0.5, 0.6) is 0 Å². The van der Waals surface area contributed by atoms with Gasteiger partial charge in [0.1, 0.15) is 0 Å². The van der Waals surface area contributed by atoms with E-state index >= 15 is 0 Å². The lowest BCUT2D eigenvalue weighted by molar-refractivity contribution is 0.321. The summed E-state index contributed by atoms with van der Waals surface area (Å²) in [5.74, 6) is 0. The lowest BCUT2D eigenvalue weighted by atomic mass is 9.99. The zero-order valence-corrected chi connectivity index (χ0v) is 13.3. The van der Waals surface area contributed by atoms with Crippen molar-refractivity contribution in [2.45, 2.75) is 101 Å². The van der Waals surface area contributed by atoms with Crippen LogP contribution in [0.4, 0.5) is 0 Å². The minimum atomic E-state index is -2.22. The van der Waals surface area contributed by atoms with Crippen LogP contribution in [0.3, 0.4) is 0 Å².